The Morgan fingerprint density at radius 3 is 1.77 bits per heavy atom. The number of nitrogens with zero attached hydrogens (tertiary/aromatic N) is 1. The van der Waals surface area contributed by atoms with Crippen molar-refractivity contribution in [1.29, 1.82) is 0 Å². The summed E-state index contributed by atoms with van der Waals surface area (Å²) in [5.74, 6) is -0.398. The van der Waals surface area contributed by atoms with Crippen LogP contribution in [0, 0.1) is 0 Å². The van der Waals surface area contributed by atoms with Crippen LogP contribution in [0.3, 0.4) is 0 Å². The van der Waals surface area contributed by atoms with Gasteiger partial charge in [0.05, 0.1) is 25.7 Å². The Balaban J connectivity index is 1.83. The highest BCUT2D eigenvalue weighted by molar-refractivity contribution is 6.88. The molecule has 0 aliphatic carbocycles. The van der Waals surface area contributed by atoms with Gasteiger partial charge in [0.25, 0.3) is 11.8 Å². The summed E-state index contributed by atoms with van der Waals surface area (Å²) in [6.45, 7) is 7.23. The van der Waals surface area contributed by atoms with E-state index in [1.54, 1.807) is 24.3 Å². The standard InChI is InChI=1S/C18H19NO2Si/c1-22(2,3)14-10-8-13(9-11-14)12-19-17(20)15-6-4-5-7-16(15)18(19)21/h4-11H,12H2,1-3H3. The number of amides is 2. The van der Waals surface area contributed by atoms with Crippen LogP contribution in [0.15, 0.2) is 48.5 Å². The lowest BCUT2D eigenvalue weighted by molar-refractivity contribution is 0.0642. The van der Waals surface area contributed by atoms with Crippen molar-refractivity contribution in [2.24, 2.45) is 0 Å². The summed E-state index contributed by atoms with van der Waals surface area (Å²) in [7, 11) is -1.33. The quantitative estimate of drug-likeness (QED) is 0.645. The third-order valence-electron chi connectivity index (χ3n) is 4.04. The molecule has 1 aliphatic rings. The smallest absolute Gasteiger partial charge is 0.261 e. The fraction of sp³-hybridized carbons (Fsp3) is 0.222. The molecular formula is C18H19NO2Si. The van der Waals surface area contributed by atoms with Gasteiger partial charge in [-0.3, -0.25) is 14.5 Å². The average Bonchev–Trinajstić information content (AvgIpc) is 2.73. The summed E-state index contributed by atoms with van der Waals surface area (Å²) in [5.41, 5.74) is 1.99. The summed E-state index contributed by atoms with van der Waals surface area (Å²) < 4.78 is 0. The van der Waals surface area contributed by atoms with Gasteiger partial charge in [-0.25, -0.2) is 0 Å². The van der Waals surface area contributed by atoms with Crippen LogP contribution in [0.1, 0.15) is 26.3 Å². The molecule has 22 heavy (non-hydrogen) atoms. The van der Waals surface area contributed by atoms with Gasteiger partial charge in [-0.05, 0) is 17.7 Å². The van der Waals surface area contributed by atoms with Crippen LogP contribution in [0.25, 0.3) is 0 Å². The van der Waals surface area contributed by atoms with E-state index in [-0.39, 0.29) is 11.8 Å². The fourth-order valence-corrected chi connectivity index (χ4v) is 3.84. The third-order valence-corrected chi connectivity index (χ3v) is 6.10. The summed E-state index contributed by atoms with van der Waals surface area (Å²) in [6.07, 6.45) is 0. The second-order valence-electron chi connectivity index (χ2n) is 6.69. The van der Waals surface area contributed by atoms with E-state index in [0.29, 0.717) is 17.7 Å². The predicted molar refractivity (Wildman–Crippen MR) is 90.1 cm³/mol. The number of benzene rings is 2. The van der Waals surface area contributed by atoms with Crippen LogP contribution in [0.2, 0.25) is 19.6 Å². The fourth-order valence-electron chi connectivity index (χ4n) is 2.68. The van der Waals surface area contributed by atoms with Crippen molar-refractivity contribution in [3.05, 3.63) is 65.2 Å². The largest absolute Gasteiger partial charge is 0.270 e. The molecular weight excluding hydrogens is 290 g/mol. The molecule has 0 fully saturated rings. The number of fused-ring (bicyclic) bond motifs is 1. The van der Waals surface area contributed by atoms with E-state index in [0.717, 1.165) is 5.56 Å². The molecule has 0 atom stereocenters. The monoisotopic (exact) mass is 309 g/mol. The SMILES string of the molecule is C[Si](C)(C)c1ccc(CN2C(=O)c3ccccc3C2=O)cc1. The van der Waals surface area contributed by atoms with Crippen LogP contribution >= 0.6 is 0 Å². The Morgan fingerprint density at radius 1 is 0.818 bits per heavy atom. The van der Waals surface area contributed by atoms with Gasteiger partial charge < -0.3 is 0 Å². The molecule has 0 aromatic heterocycles. The van der Waals surface area contributed by atoms with E-state index in [1.165, 1.54) is 10.1 Å². The zero-order valence-electron chi connectivity index (χ0n) is 13.1. The minimum Gasteiger partial charge on any atom is -0.270 e. The molecule has 2 aromatic carbocycles. The first-order valence-electron chi connectivity index (χ1n) is 7.42. The molecule has 0 N–H and O–H groups in total. The van der Waals surface area contributed by atoms with Crippen molar-refractivity contribution >= 4 is 25.1 Å². The van der Waals surface area contributed by atoms with Crippen molar-refractivity contribution in [2.75, 3.05) is 0 Å². The highest BCUT2D eigenvalue weighted by Gasteiger charge is 2.34. The number of hydrogen-bond acceptors (Lipinski definition) is 2. The molecule has 3 nitrogen and oxygen atoms in total. The van der Waals surface area contributed by atoms with Gasteiger partial charge in [-0.2, -0.15) is 0 Å². The van der Waals surface area contributed by atoms with Crippen LogP contribution < -0.4 is 5.19 Å². The first kappa shape index (κ1) is 14.7. The van der Waals surface area contributed by atoms with E-state index in [4.69, 9.17) is 0 Å². The van der Waals surface area contributed by atoms with Gasteiger partial charge in [0.2, 0.25) is 0 Å². The normalized spacial score (nSPS) is 14.4. The lowest BCUT2D eigenvalue weighted by Gasteiger charge is -2.18. The van der Waals surface area contributed by atoms with Crippen LogP contribution in [-0.4, -0.2) is 24.8 Å². The highest BCUT2D eigenvalue weighted by atomic mass is 28.3. The van der Waals surface area contributed by atoms with Gasteiger partial charge in [0.15, 0.2) is 0 Å². The Morgan fingerprint density at radius 2 is 1.32 bits per heavy atom. The van der Waals surface area contributed by atoms with Crippen molar-refractivity contribution in [3.63, 3.8) is 0 Å². The Hall–Kier alpha value is -2.20. The molecule has 0 saturated carbocycles. The van der Waals surface area contributed by atoms with Gasteiger partial charge in [-0.15, -0.1) is 0 Å². The average molecular weight is 309 g/mol. The maximum absolute atomic E-state index is 12.3. The van der Waals surface area contributed by atoms with Crippen LogP contribution in [0.5, 0.6) is 0 Å². The summed E-state index contributed by atoms with van der Waals surface area (Å²) in [4.78, 5) is 26.0. The molecule has 0 saturated heterocycles. The Bertz CT molecular complexity index is 709. The first-order valence-corrected chi connectivity index (χ1v) is 10.9. The van der Waals surface area contributed by atoms with Crippen LogP contribution in [-0.2, 0) is 6.54 Å². The van der Waals surface area contributed by atoms with E-state index in [1.807, 2.05) is 12.1 Å². The van der Waals surface area contributed by atoms with E-state index >= 15 is 0 Å². The maximum atomic E-state index is 12.3. The summed E-state index contributed by atoms with van der Waals surface area (Å²) in [6, 6.07) is 15.3. The highest BCUT2D eigenvalue weighted by Crippen LogP contribution is 2.24. The second-order valence-corrected chi connectivity index (χ2v) is 11.8. The summed E-state index contributed by atoms with van der Waals surface area (Å²) in [5, 5.41) is 1.37. The van der Waals surface area contributed by atoms with Gasteiger partial charge in [0, 0.05) is 0 Å². The second kappa shape index (κ2) is 5.21. The van der Waals surface area contributed by atoms with Crippen molar-refractivity contribution in [3.8, 4) is 0 Å². The van der Waals surface area contributed by atoms with E-state index in [2.05, 4.69) is 31.8 Å². The third kappa shape index (κ3) is 2.50. The lowest BCUT2D eigenvalue weighted by Crippen LogP contribution is -2.37. The molecule has 0 bridgehead atoms. The zero-order valence-corrected chi connectivity index (χ0v) is 14.1. The minimum absolute atomic E-state index is 0.199. The Kier molecular flexibility index (Phi) is 3.49. The van der Waals surface area contributed by atoms with Gasteiger partial charge in [0.1, 0.15) is 0 Å². The molecule has 3 rings (SSSR count). The molecule has 1 heterocycles. The van der Waals surface area contributed by atoms with Crippen molar-refractivity contribution < 1.29 is 9.59 Å². The number of rotatable bonds is 3. The maximum Gasteiger partial charge on any atom is 0.261 e. The van der Waals surface area contributed by atoms with E-state index in [9.17, 15) is 9.59 Å². The number of hydrogen-bond donors (Lipinski definition) is 0. The first-order chi connectivity index (χ1) is 10.4. The summed E-state index contributed by atoms with van der Waals surface area (Å²) >= 11 is 0. The Labute approximate surface area is 131 Å². The molecule has 2 aromatic rings. The molecule has 1 aliphatic heterocycles. The molecule has 0 radical (unpaired) electrons. The van der Waals surface area contributed by atoms with Crippen molar-refractivity contribution in [2.45, 2.75) is 26.2 Å². The number of carbonyl (C=O) groups is 2. The molecule has 4 heteroatoms. The molecule has 0 spiro atoms. The zero-order chi connectivity index (χ0) is 15.9. The predicted octanol–water partition coefficient (Wildman–Crippen LogP) is 3.03. The molecule has 0 unspecified atom stereocenters. The van der Waals surface area contributed by atoms with Crippen molar-refractivity contribution in [1.82, 2.24) is 4.90 Å². The van der Waals surface area contributed by atoms with Gasteiger partial charge in [-0.1, -0.05) is 61.2 Å². The molecule has 112 valence electrons. The topological polar surface area (TPSA) is 37.4 Å². The number of imide groups is 1. The van der Waals surface area contributed by atoms with E-state index < -0.39 is 8.07 Å². The van der Waals surface area contributed by atoms with Crippen LogP contribution in [0.4, 0.5) is 0 Å². The van der Waals surface area contributed by atoms with Gasteiger partial charge >= 0.3 is 0 Å². The minimum atomic E-state index is -1.33. The number of carbonyl (C=O) groups excluding carboxylic acids is 2. The molecule has 2 amide bonds. The lowest BCUT2D eigenvalue weighted by atomic mass is 10.1.